The van der Waals surface area contributed by atoms with Crippen LogP contribution in [0.15, 0.2) is 53.3 Å². The largest absolute Gasteiger partial charge is 0.384 e. The summed E-state index contributed by atoms with van der Waals surface area (Å²) in [5.74, 6) is 1.36. The number of nitrogens with two attached hydrogens (primary N) is 1. The molecule has 4 N–H and O–H groups in total. The molecule has 0 aliphatic carbocycles. The fraction of sp³-hybridized carbons (Fsp3) is 0.176. The molecule has 0 aliphatic heterocycles. The molecule has 0 unspecified atom stereocenters. The van der Waals surface area contributed by atoms with E-state index in [1.165, 1.54) is 6.33 Å². The van der Waals surface area contributed by atoms with Crippen LogP contribution in [0.4, 0.5) is 11.6 Å². The fourth-order valence-electron chi connectivity index (χ4n) is 2.19. The van der Waals surface area contributed by atoms with Gasteiger partial charge in [-0.15, -0.1) is 0 Å². The Kier molecular flexibility index (Phi) is 5.20. The molecule has 0 radical (unpaired) electrons. The monoisotopic (exact) mass is 338 g/mol. The van der Waals surface area contributed by atoms with Gasteiger partial charge in [0.05, 0.1) is 0 Å². The molecule has 128 valence electrons. The maximum Gasteiger partial charge on any atom is 0.273 e. The van der Waals surface area contributed by atoms with E-state index >= 15 is 0 Å². The van der Waals surface area contributed by atoms with Crippen LogP contribution in [0.1, 0.15) is 16.9 Å². The highest BCUT2D eigenvalue weighted by Gasteiger charge is 2.12. The summed E-state index contributed by atoms with van der Waals surface area (Å²) in [4.78, 5) is 19.9. The van der Waals surface area contributed by atoms with Crippen LogP contribution in [-0.4, -0.2) is 34.1 Å². The molecule has 8 heteroatoms. The summed E-state index contributed by atoms with van der Waals surface area (Å²) >= 11 is 0. The van der Waals surface area contributed by atoms with Crippen LogP contribution in [0.25, 0.3) is 11.3 Å². The first-order valence-corrected chi connectivity index (χ1v) is 7.84. The molecule has 2 heterocycles. The van der Waals surface area contributed by atoms with E-state index in [1.807, 2.05) is 30.3 Å². The molecule has 3 aromatic rings. The van der Waals surface area contributed by atoms with Crippen molar-refractivity contribution >= 4 is 17.5 Å². The molecule has 0 saturated carbocycles. The van der Waals surface area contributed by atoms with E-state index in [0.29, 0.717) is 30.5 Å². The van der Waals surface area contributed by atoms with Gasteiger partial charge in [0.25, 0.3) is 5.91 Å². The van der Waals surface area contributed by atoms with E-state index in [0.717, 1.165) is 12.0 Å². The van der Waals surface area contributed by atoms with Crippen molar-refractivity contribution in [3.05, 3.63) is 54.5 Å². The highest BCUT2D eigenvalue weighted by molar-refractivity contribution is 5.93. The molecule has 0 spiro atoms. The molecule has 0 saturated heterocycles. The van der Waals surface area contributed by atoms with Crippen LogP contribution in [0.5, 0.6) is 0 Å². The van der Waals surface area contributed by atoms with Gasteiger partial charge in [0.15, 0.2) is 11.5 Å². The van der Waals surface area contributed by atoms with Crippen molar-refractivity contribution in [3.63, 3.8) is 0 Å². The van der Waals surface area contributed by atoms with Crippen molar-refractivity contribution < 1.29 is 9.32 Å². The normalized spacial score (nSPS) is 10.4. The number of nitrogen functional groups attached to an aromatic ring is 1. The zero-order valence-electron chi connectivity index (χ0n) is 13.5. The van der Waals surface area contributed by atoms with Gasteiger partial charge in [-0.3, -0.25) is 4.79 Å². The van der Waals surface area contributed by atoms with Crippen molar-refractivity contribution in [3.8, 4) is 11.3 Å². The molecule has 0 fully saturated rings. The second kappa shape index (κ2) is 7.91. The maximum absolute atomic E-state index is 12.1. The lowest BCUT2D eigenvalue weighted by Crippen LogP contribution is -2.26. The Morgan fingerprint density at radius 2 is 1.96 bits per heavy atom. The summed E-state index contributed by atoms with van der Waals surface area (Å²) in [5, 5.41) is 9.73. The molecule has 0 atom stereocenters. The molecule has 0 bridgehead atoms. The van der Waals surface area contributed by atoms with Crippen LogP contribution in [0.3, 0.4) is 0 Å². The van der Waals surface area contributed by atoms with E-state index in [1.54, 1.807) is 12.1 Å². The van der Waals surface area contributed by atoms with E-state index in [2.05, 4.69) is 25.8 Å². The van der Waals surface area contributed by atoms with Gasteiger partial charge in [0.1, 0.15) is 18.0 Å². The second-order valence-corrected chi connectivity index (χ2v) is 5.31. The number of amides is 1. The highest BCUT2D eigenvalue weighted by Crippen LogP contribution is 2.19. The van der Waals surface area contributed by atoms with Gasteiger partial charge in [-0.2, -0.15) is 0 Å². The smallest absolute Gasteiger partial charge is 0.273 e. The topological polar surface area (TPSA) is 119 Å². The number of benzene rings is 1. The number of rotatable bonds is 7. The molecular formula is C17H18N6O2. The number of hydrogen-bond acceptors (Lipinski definition) is 7. The molecule has 1 aromatic carbocycles. The number of carbonyl (C=O) groups is 1. The average Bonchev–Trinajstić information content (AvgIpc) is 3.12. The number of aromatic nitrogens is 3. The van der Waals surface area contributed by atoms with Crippen LogP contribution in [0.2, 0.25) is 0 Å². The standard InChI is InChI=1S/C17H18N6O2/c18-15-10-16(22-11-21-15)19-7-4-8-20-17(24)13-9-14(25-23-13)12-5-2-1-3-6-12/h1-3,5-6,9-11H,4,7-8H2,(H,20,24)(H3,18,19,21,22). The van der Waals surface area contributed by atoms with Crippen LogP contribution < -0.4 is 16.4 Å². The number of carbonyl (C=O) groups excluding carboxylic acids is 1. The van der Waals surface area contributed by atoms with Gasteiger partial charge in [0, 0.05) is 30.8 Å². The van der Waals surface area contributed by atoms with E-state index in [-0.39, 0.29) is 11.6 Å². The minimum absolute atomic E-state index is 0.260. The Labute approximate surface area is 144 Å². The third-order valence-electron chi connectivity index (χ3n) is 3.43. The first-order chi connectivity index (χ1) is 12.2. The van der Waals surface area contributed by atoms with Gasteiger partial charge in [-0.05, 0) is 6.42 Å². The quantitative estimate of drug-likeness (QED) is 0.563. The predicted molar refractivity (Wildman–Crippen MR) is 93.8 cm³/mol. The van der Waals surface area contributed by atoms with Crippen molar-refractivity contribution in [1.82, 2.24) is 20.4 Å². The molecular weight excluding hydrogens is 320 g/mol. The van der Waals surface area contributed by atoms with Crippen molar-refractivity contribution in [2.45, 2.75) is 6.42 Å². The van der Waals surface area contributed by atoms with Crippen molar-refractivity contribution in [2.24, 2.45) is 0 Å². The zero-order chi connectivity index (χ0) is 17.5. The summed E-state index contributed by atoms with van der Waals surface area (Å²) in [5.41, 5.74) is 6.71. The van der Waals surface area contributed by atoms with Crippen molar-refractivity contribution in [1.29, 1.82) is 0 Å². The Balaban J connectivity index is 1.43. The Morgan fingerprint density at radius 1 is 1.12 bits per heavy atom. The Bertz CT molecular complexity index is 834. The first-order valence-electron chi connectivity index (χ1n) is 7.84. The number of hydrogen-bond donors (Lipinski definition) is 3. The lowest BCUT2D eigenvalue weighted by molar-refractivity contribution is 0.0944. The molecule has 0 aliphatic rings. The first kappa shape index (κ1) is 16.4. The molecule has 1 amide bonds. The van der Waals surface area contributed by atoms with Gasteiger partial charge in [-0.1, -0.05) is 35.5 Å². The molecule has 3 rings (SSSR count). The van der Waals surface area contributed by atoms with Crippen molar-refractivity contribution in [2.75, 3.05) is 24.1 Å². The molecule has 8 nitrogen and oxygen atoms in total. The summed E-state index contributed by atoms with van der Waals surface area (Å²) in [6.45, 7) is 1.14. The predicted octanol–water partition coefficient (Wildman–Crippen LogP) is 1.95. The van der Waals surface area contributed by atoms with Crippen LogP contribution in [0, 0.1) is 0 Å². The number of nitrogens with one attached hydrogen (secondary N) is 2. The Hall–Kier alpha value is -3.42. The summed E-state index contributed by atoms with van der Waals surface area (Å²) in [7, 11) is 0. The highest BCUT2D eigenvalue weighted by atomic mass is 16.5. The number of nitrogens with zero attached hydrogens (tertiary/aromatic N) is 3. The maximum atomic E-state index is 12.1. The van der Waals surface area contributed by atoms with E-state index in [4.69, 9.17) is 10.3 Å². The average molecular weight is 338 g/mol. The van der Waals surface area contributed by atoms with Gasteiger partial charge >= 0.3 is 0 Å². The van der Waals surface area contributed by atoms with E-state index in [9.17, 15) is 4.79 Å². The third kappa shape index (κ3) is 4.54. The van der Waals surface area contributed by atoms with Gasteiger partial charge in [0.2, 0.25) is 0 Å². The third-order valence-corrected chi connectivity index (χ3v) is 3.43. The summed E-state index contributed by atoms with van der Waals surface area (Å²) in [6.07, 6.45) is 2.12. The van der Waals surface area contributed by atoms with Gasteiger partial charge < -0.3 is 20.9 Å². The second-order valence-electron chi connectivity index (χ2n) is 5.31. The van der Waals surface area contributed by atoms with E-state index < -0.39 is 0 Å². The number of anilines is 2. The van der Waals surface area contributed by atoms with Crippen LogP contribution >= 0.6 is 0 Å². The minimum atomic E-state index is -0.266. The van der Waals surface area contributed by atoms with Crippen LogP contribution in [-0.2, 0) is 0 Å². The Morgan fingerprint density at radius 3 is 2.76 bits per heavy atom. The SMILES string of the molecule is Nc1cc(NCCCNC(=O)c2cc(-c3ccccc3)on2)ncn1. The lowest BCUT2D eigenvalue weighted by Gasteiger charge is -2.06. The molecule has 25 heavy (non-hydrogen) atoms. The molecule has 2 aromatic heterocycles. The lowest BCUT2D eigenvalue weighted by atomic mass is 10.1. The summed E-state index contributed by atoms with van der Waals surface area (Å²) < 4.78 is 5.22. The van der Waals surface area contributed by atoms with Gasteiger partial charge in [-0.25, -0.2) is 9.97 Å². The fourth-order valence-corrected chi connectivity index (χ4v) is 2.19. The summed E-state index contributed by atoms with van der Waals surface area (Å²) in [6, 6.07) is 12.8. The zero-order valence-corrected chi connectivity index (χ0v) is 13.5. The minimum Gasteiger partial charge on any atom is -0.384 e.